The van der Waals surface area contributed by atoms with Gasteiger partial charge < -0.3 is 15.0 Å². The van der Waals surface area contributed by atoms with E-state index in [4.69, 9.17) is 0 Å². The molecule has 0 N–H and O–H groups in total. The lowest BCUT2D eigenvalue weighted by Crippen LogP contribution is -2.24. The Bertz CT molecular complexity index is 635. The Morgan fingerprint density at radius 2 is 1.76 bits per heavy atom. The number of non-ortho nitro benzene ring substituents is 1. The van der Waals surface area contributed by atoms with Crippen molar-refractivity contribution in [3.63, 3.8) is 0 Å². The van der Waals surface area contributed by atoms with E-state index in [-0.39, 0.29) is 10.8 Å². The van der Waals surface area contributed by atoms with Crippen LogP contribution in [0.25, 0.3) is 10.8 Å². The highest BCUT2D eigenvalue weighted by molar-refractivity contribution is 6.03. The third-order valence-electron chi connectivity index (χ3n) is 2.39. The number of benzene rings is 2. The molecule has 0 amide bonds. The van der Waals surface area contributed by atoms with Gasteiger partial charge in [-0.15, -0.1) is 0 Å². The van der Waals surface area contributed by atoms with Crippen LogP contribution in [-0.2, 0) is 0 Å². The fourth-order valence-corrected chi connectivity index (χ4v) is 1.63. The van der Waals surface area contributed by atoms with Crippen molar-refractivity contribution in [3.8, 4) is 5.75 Å². The molecule has 2 aromatic carbocycles. The molecule has 17 heavy (non-hydrogen) atoms. The molecule has 0 aliphatic rings. The minimum absolute atomic E-state index is 0.000833. The second-order valence-electron chi connectivity index (χ2n) is 3.36. The molecule has 0 saturated heterocycles. The van der Waals surface area contributed by atoms with E-state index in [1.165, 1.54) is 24.3 Å². The van der Waals surface area contributed by atoms with Crippen LogP contribution in [0.15, 0.2) is 30.3 Å². The number of carbonyl (C=O) groups is 1. The molecule has 0 spiro atoms. The molecule has 6 nitrogen and oxygen atoms in total. The number of nitro benzene ring substituents is 1. The van der Waals surface area contributed by atoms with Crippen molar-refractivity contribution in [2.24, 2.45) is 0 Å². The van der Waals surface area contributed by atoms with E-state index in [0.29, 0.717) is 0 Å². The van der Waals surface area contributed by atoms with Gasteiger partial charge in [-0.25, -0.2) is 0 Å². The third-order valence-corrected chi connectivity index (χ3v) is 2.39. The van der Waals surface area contributed by atoms with Gasteiger partial charge in [-0.05, 0) is 17.0 Å². The highest BCUT2D eigenvalue weighted by Crippen LogP contribution is 2.33. The Morgan fingerprint density at radius 3 is 2.29 bits per heavy atom. The maximum atomic E-state index is 11.7. The van der Waals surface area contributed by atoms with E-state index in [1.807, 2.05) is 0 Å². The lowest BCUT2D eigenvalue weighted by atomic mass is 10.0. The van der Waals surface area contributed by atoms with E-state index < -0.39 is 27.9 Å². The number of fused-ring (bicyclic) bond motifs is 1. The van der Waals surface area contributed by atoms with Crippen molar-refractivity contribution in [1.29, 1.82) is 0 Å². The fraction of sp³-hybridized carbons (Fsp3) is 0. The van der Waals surface area contributed by atoms with Crippen LogP contribution >= 0.6 is 0 Å². The van der Waals surface area contributed by atoms with Gasteiger partial charge in [0.1, 0.15) is 0 Å². The fourth-order valence-electron chi connectivity index (χ4n) is 1.63. The van der Waals surface area contributed by atoms with Crippen molar-refractivity contribution in [2.75, 3.05) is 0 Å². The van der Waals surface area contributed by atoms with Crippen LogP contribution in [0.4, 0.5) is 5.69 Å². The molecule has 2 rings (SSSR count). The van der Waals surface area contributed by atoms with Gasteiger partial charge in [0.2, 0.25) is 0 Å². The van der Waals surface area contributed by atoms with Crippen LogP contribution in [-0.4, -0.2) is 10.9 Å². The van der Waals surface area contributed by atoms with Gasteiger partial charge in [0.25, 0.3) is 5.69 Å². The summed E-state index contributed by atoms with van der Waals surface area (Å²) in [5.74, 6) is -2.49. The standard InChI is InChI=1S/C11H7NO5/c13-10-7-4-2-1-3-6(7)9(12(16)17)5-8(10)11(14)15/h1-5,13H,(H,14,15)/p-2. The summed E-state index contributed by atoms with van der Waals surface area (Å²) >= 11 is 0. The summed E-state index contributed by atoms with van der Waals surface area (Å²) in [7, 11) is 0. The first-order valence-corrected chi connectivity index (χ1v) is 4.61. The summed E-state index contributed by atoms with van der Waals surface area (Å²) in [6.45, 7) is 0. The molecule has 0 fully saturated rings. The highest BCUT2D eigenvalue weighted by atomic mass is 16.6. The average Bonchev–Trinajstić information content (AvgIpc) is 2.29. The monoisotopic (exact) mass is 231 g/mol. The molecule has 0 atom stereocenters. The molecule has 0 unspecified atom stereocenters. The smallest absolute Gasteiger partial charge is 0.277 e. The second-order valence-corrected chi connectivity index (χ2v) is 3.36. The number of carbonyl (C=O) groups excluding carboxylic acids is 1. The average molecular weight is 231 g/mol. The lowest BCUT2D eigenvalue weighted by molar-refractivity contribution is -0.383. The quantitative estimate of drug-likeness (QED) is 0.541. The third kappa shape index (κ3) is 1.65. The van der Waals surface area contributed by atoms with E-state index in [2.05, 4.69) is 0 Å². The largest absolute Gasteiger partial charge is 0.872 e. The van der Waals surface area contributed by atoms with E-state index in [1.54, 1.807) is 0 Å². The van der Waals surface area contributed by atoms with Gasteiger partial charge in [-0.3, -0.25) is 10.1 Å². The van der Waals surface area contributed by atoms with Crippen LogP contribution in [0.5, 0.6) is 5.75 Å². The Kier molecular flexibility index (Phi) is 2.40. The van der Waals surface area contributed by atoms with Gasteiger partial charge in [0.15, 0.2) is 0 Å². The Morgan fingerprint density at radius 1 is 1.18 bits per heavy atom. The topological polar surface area (TPSA) is 106 Å². The van der Waals surface area contributed by atoms with Crippen molar-refractivity contribution < 1.29 is 19.9 Å². The SMILES string of the molecule is O=C([O-])c1cc([N+](=O)[O-])c2ccccc2c1[O-]. The highest BCUT2D eigenvalue weighted by Gasteiger charge is 2.14. The summed E-state index contributed by atoms with van der Waals surface area (Å²) in [6, 6.07) is 6.52. The molecular weight excluding hydrogens is 226 g/mol. The van der Waals surface area contributed by atoms with Gasteiger partial charge >= 0.3 is 0 Å². The molecule has 0 aromatic heterocycles. The van der Waals surface area contributed by atoms with E-state index >= 15 is 0 Å². The predicted octanol–water partition coefficient (Wildman–Crippen LogP) is 0.185. The van der Waals surface area contributed by atoms with Crippen LogP contribution in [0, 0.1) is 10.1 Å². The summed E-state index contributed by atoms with van der Waals surface area (Å²) in [5, 5.41) is 33.3. The van der Waals surface area contributed by atoms with Gasteiger partial charge in [-0.1, -0.05) is 23.9 Å². The molecule has 0 saturated carbocycles. The maximum Gasteiger partial charge on any atom is 0.277 e. The van der Waals surface area contributed by atoms with Gasteiger partial charge in [-0.2, -0.15) is 0 Å². The minimum Gasteiger partial charge on any atom is -0.872 e. The van der Waals surface area contributed by atoms with Crippen LogP contribution in [0.2, 0.25) is 0 Å². The summed E-state index contributed by atoms with van der Waals surface area (Å²) in [6.07, 6.45) is 0. The first-order chi connectivity index (χ1) is 8.02. The van der Waals surface area contributed by atoms with E-state index in [9.17, 15) is 25.1 Å². The summed E-state index contributed by atoms with van der Waals surface area (Å²) in [4.78, 5) is 20.8. The van der Waals surface area contributed by atoms with E-state index in [0.717, 1.165) is 6.07 Å². The number of carboxylic acids is 1. The Balaban J connectivity index is 2.94. The molecule has 0 aliphatic heterocycles. The molecule has 0 aliphatic carbocycles. The molecule has 0 bridgehead atoms. The van der Waals surface area contributed by atoms with Crippen molar-refractivity contribution >= 4 is 22.4 Å². The zero-order chi connectivity index (χ0) is 12.6. The number of rotatable bonds is 2. The predicted molar refractivity (Wildman–Crippen MR) is 54.4 cm³/mol. The molecular formula is C11H5NO5-2. The minimum atomic E-state index is -1.72. The van der Waals surface area contributed by atoms with Gasteiger partial charge in [0.05, 0.1) is 16.3 Å². The van der Waals surface area contributed by atoms with Crippen LogP contribution in [0.1, 0.15) is 10.4 Å². The molecule has 2 aromatic rings. The second kappa shape index (κ2) is 3.75. The number of carboxylic acid groups (broad SMARTS) is 1. The molecule has 0 heterocycles. The molecule has 6 heteroatoms. The Labute approximate surface area is 94.9 Å². The number of nitrogens with zero attached hydrogens (tertiary/aromatic N) is 1. The zero-order valence-corrected chi connectivity index (χ0v) is 8.38. The summed E-state index contributed by atoms with van der Waals surface area (Å²) < 4.78 is 0. The van der Waals surface area contributed by atoms with Crippen molar-refractivity contribution in [3.05, 3.63) is 46.0 Å². The lowest BCUT2D eigenvalue weighted by Gasteiger charge is -2.17. The normalized spacial score (nSPS) is 10.4. The first-order valence-electron chi connectivity index (χ1n) is 4.61. The number of hydrogen-bond donors (Lipinski definition) is 0. The zero-order valence-electron chi connectivity index (χ0n) is 8.38. The van der Waals surface area contributed by atoms with Crippen LogP contribution in [0.3, 0.4) is 0 Å². The van der Waals surface area contributed by atoms with Crippen LogP contribution < -0.4 is 10.2 Å². The number of aromatic carboxylic acids is 1. The first kappa shape index (κ1) is 10.9. The number of nitro groups is 1. The summed E-state index contributed by atoms with van der Waals surface area (Å²) in [5.41, 5.74) is -1.12. The van der Waals surface area contributed by atoms with Crippen molar-refractivity contribution in [1.82, 2.24) is 0 Å². The van der Waals surface area contributed by atoms with Gasteiger partial charge in [0, 0.05) is 6.07 Å². The molecule has 86 valence electrons. The van der Waals surface area contributed by atoms with Crippen molar-refractivity contribution in [2.45, 2.75) is 0 Å². The Hall–Kier alpha value is -2.63. The number of hydrogen-bond acceptors (Lipinski definition) is 5. The molecule has 0 radical (unpaired) electrons. The maximum absolute atomic E-state index is 11.7.